The van der Waals surface area contributed by atoms with E-state index in [0.29, 0.717) is 5.92 Å². The van der Waals surface area contributed by atoms with Gasteiger partial charge in [0.2, 0.25) is 0 Å². The quantitative estimate of drug-likeness (QED) is 0.874. The zero-order chi connectivity index (χ0) is 13.0. The summed E-state index contributed by atoms with van der Waals surface area (Å²) < 4.78 is 7.82. The van der Waals surface area contributed by atoms with Gasteiger partial charge in [0.25, 0.3) is 0 Å². The predicted octanol–water partition coefficient (Wildman–Crippen LogP) is 2.41. The van der Waals surface area contributed by atoms with E-state index in [4.69, 9.17) is 10.5 Å². The van der Waals surface area contributed by atoms with Crippen LogP contribution in [-0.2, 0) is 11.8 Å². The van der Waals surface area contributed by atoms with E-state index in [2.05, 4.69) is 5.10 Å². The largest absolute Gasteiger partial charge is 0.376 e. The third kappa shape index (κ3) is 2.93. The summed E-state index contributed by atoms with van der Waals surface area (Å²) in [7, 11) is 1.94. The minimum absolute atomic E-state index is 0.0689. The van der Waals surface area contributed by atoms with Gasteiger partial charge in [-0.2, -0.15) is 5.10 Å². The van der Waals surface area contributed by atoms with Gasteiger partial charge in [-0.05, 0) is 31.7 Å². The van der Waals surface area contributed by atoms with E-state index >= 15 is 0 Å². The SMILES string of the molecule is CCOC(C1CCCCC1)C(N)c1ccnn1C. The smallest absolute Gasteiger partial charge is 0.0810 e. The molecule has 0 aliphatic heterocycles. The predicted molar refractivity (Wildman–Crippen MR) is 72.1 cm³/mol. The molecule has 1 aliphatic rings. The first-order valence-corrected chi connectivity index (χ1v) is 7.09. The van der Waals surface area contributed by atoms with Gasteiger partial charge in [0.1, 0.15) is 0 Å². The summed E-state index contributed by atoms with van der Waals surface area (Å²) in [6.07, 6.45) is 8.41. The molecule has 102 valence electrons. The van der Waals surface area contributed by atoms with Gasteiger partial charge >= 0.3 is 0 Å². The molecule has 4 heteroatoms. The average molecular weight is 251 g/mol. The molecule has 0 aromatic carbocycles. The second kappa shape index (κ2) is 6.34. The van der Waals surface area contributed by atoms with Gasteiger partial charge in [-0.1, -0.05) is 19.3 Å². The zero-order valence-corrected chi connectivity index (χ0v) is 11.5. The highest BCUT2D eigenvalue weighted by Gasteiger charge is 2.31. The van der Waals surface area contributed by atoms with Crippen LogP contribution in [0.3, 0.4) is 0 Å². The molecule has 2 unspecified atom stereocenters. The second-order valence-electron chi connectivity index (χ2n) is 5.22. The molecular formula is C14H25N3O. The van der Waals surface area contributed by atoms with E-state index in [1.165, 1.54) is 32.1 Å². The molecule has 1 saturated carbocycles. The van der Waals surface area contributed by atoms with E-state index in [1.54, 1.807) is 6.20 Å². The maximum absolute atomic E-state index is 6.42. The van der Waals surface area contributed by atoms with E-state index in [9.17, 15) is 0 Å². The van der Waals surface area contributed by atoms with Gasteiger partial charge in [-0.25, -0.2) is 0 Å². The molecule has 1 aromatic heterocycles. The zero-order valence-electron chi connectivity index (χ0n) is 11.5. The monoisotopic (exact) mass is 251 g/mol. The molecule has 1 heterocycles. The molecule has 1 aliphatic carbocycles. The van der Waals surface area contributed by atoms with E-state index in [0.717, 1.165) is 12.3 Å². The fraction of sp³-hybridized carbons (Fsp3) is 0.786. The van der Waals surface area contributed by atoms with Crippen molar-refractivity contribution in [3.05, 3.63) is 18.0 Å². The van der Waals surface area contributed by atoms with Gasteiger partial charge in [0.15, 0.2) is 0 Å². The van der Waals surface area contributed by atoms with Crippen LogP contribution in [-0.4, -0.2) is 22.5 Å². The molecule has 0 bridgehead atoms. The Morgan fingerprint density at radius 1 is 1.44 bits per heavy atom. The third-order valence-electron chi connectivity index (χ3n) is 4.03. The van der Waals surface area contributed by atoms with Crippen molar-refractivity contribution in [2.24, 2.45) is 18.7 Å². The van der Waals surface area contributed by atoms with Gasteiger partial charge in [-0.15, -0.1) is 0 Å². The first-order chi connectivity index (χ1) is 8.74. The van der Waals surface area contributed by atoms with Crippen LogP contribution in [0.15, 0.2) is 12.3 Å². The van der Waals surface area contributed by atoms with Gasteiger partial charge in [0.05, 0.1) is 17.8 Å². The summed E-state index contributed by atoms with van der Waals surface area (Å²) in [5, 5.41) is 4.21. The van der Waals surface area contributed by atoms with Crippen LogP contribution in [0.25, 0.3) is 0 Å². The molecule has 2 atom stereocenters. The van der Waals surface area contributed by atoms with Crippen LogP contribution in [0.5, 0.6) is 0 Å². The Morgan fingerprint density at radius 2 is 2.17 bits per heavy atom. The summed E-state index contributed by atoms with van der Waals surface area (Å²) in [6, 6.07) is 1.93. The number of hydrogen-bond acceptors (Lipinski definition) is 3. The van der Waals surface area contributed by atoms with Crippen LogP contribution in [0.2, 0.25) is 0 Å². The molecule has 0 spiro atoms. The van der Waals surface area contributed by atoms with Crippen molar-refractivity contribution in [1.29, 1.82) is 0 Å². The molecule has 18 heavy (non-hydrogen) atoms. The van der Waals surface area contributed by atoms with E-state index in [1.807, 2.05) is 24.7 Å². The highest BCUT2D eigenvalue weighted by atomic mass is 16.5. The van der Waals surface area contributed by atoms with Crippen molar-refractivity contribution in [1.82, 2.24) is 9.78 Å². The average Bonchev–Trinajstić information content (AvgIpc) is 2.82. The number of hydrogen-bond donors (Lipinski definition) is 1. The van der Waals surface area contributed by atoms with Crippen molar-refractivity contribution in [3.8, 4) is 0 Å². The molecule has 0 radical (unpaired) electrons. The molecule has 2 rings (SSSR count). The van der Waals surface area contributed by atoms with Crippen LogP contribution in [0.1, 0.15) is 50.8 Å². The number of ether oxygens (including phenoxy) is 1. The van der Waals surface area contributed by atoms with Crippen molar-refractivity contribution in [2.75, 3.05) is 6.61 Å². The number of rotatable bonds is 5. The molecule has 2 N–H and O–H groups in total. The number of nitrogens with zero attached hydrogens (tertiary/aromatic N) is 2. The van der Waals surface area contributed by atoms with Gasteiger partial charge in [0, 0.05) is 19.9 Å². The molecule has 0 amide bonds. The van der Waals surface area contributed by atoms with Crippen LogP contribution in [0.4, 0.5) is 0 Å². The summed E-state index contributed by atoms with van der Waals surface area (Å²) in [4.78, 5) is 0. The Labute approximate surface area is 110 Å². The standard InChI is InChI=1S/C14H25N3O/c1-3-18-14(11-7-5-4-6-8-11)13(15)12-9-10-16-17(12)2/h9-11,13-14H,3-8,15H2,1-2H3. The molecule has 1 fully saturated rings. The van der Waals surface area contributed by atoms with Crippen molar-refractivity contribution >= 4 is 0 Å². The van der Waals surface area contributed by atoms with E-state index in [-0.39, 0.29) is 12.1 Å². The van der Waals surface area contributed by atoms with Crippen LogP contribution in [0, 0.1) is 5.92 Å². The molecular weight excluding hydrogens is 226 g/mol. The topological polar surface area (TPSA) is 53.1 Å². The Hall–Kier alpha value is -0.870. The fourth-order valence-electron chi connectivity index (χ4n) is 3.07. The highest BCUT2D eigenvalue weighted by molar-refractivity contribution is 5.09. The Kier molecular flexibility index (Phi) is 4.78. The van der Waals surface area contributed by atoms with Crippen molar-refractivity contribution in [3.63, 3.8) is 0 Å². The first-order valence-electron chi connectivity index (χ1n) is 7.09. The lowest BCUT2D eigenvalue weighted by Crippen LogP contribution is -2.37. The Morgan fingerprint density at radius 3 is 2.72 bits per heavy atom. The molecule has 1 aromatic rings. The summed E-state index contributed by atoms with van der Waals surface area (Å²) in [6.45, 7) is 2.78. The molecule has 0 saturated heterocycles. The molecule has 4 nitrogen and oxygen atoms in total. The van der Waals surface area contributed by atoms with Crippen LogP contribution >= 0.6 is 0 Å². The van der Waals surface area contributed by atoms with Crippen molar-refractivity contribution in [2.45, 2.75) is 51.2 Å². The highest BCUT2D eigenvalue weighted by Crippen LogP contribution is 2.33. The Bertz CT molecular complexity index is 358. The number of aromatic nitrogens is 2. The number of nitrogens with two attached hydrogens (primary N) is 1. The van der Waals surface area contributed by atoms with Crippen LogP contribution < -0.4 is 5.73 Å². The minimum Gasteiger partial charge on any atom is -0.376 e. The van der Waals surface area contributed by atoms with Crippen molar-refractivity contribution < 1.29 is 4.74 Å². The lowest BCUT2D eigenvalue weighted by atomic mass is 9.82. The number of aryl methyl sites for hydroxylation is 1. The summed E-state index contributed by atoms with van der Waals surface area (Å²) in [5.41, 5.74) is 7.48. The maximum Gasteiger partial charge on any atom is 0.0810 e. The lowest BCUT2D eigenvalue weighted by Gasteiger charge is -2.33. The van der Waals surface area contributed by atoms with E-state index < -0.39 is 0 Å². The maximum atomic E-state index is 6.42. The fourth-order valence-corrected chi connectivity index (χ4v) is 3.07. The lowest BCUT2D eigenvalue weighted by molar-refractivity contribution is -0.0113. The second-order valence-corrected chi connectivity index (χ2v) is 5.22. The van der Waals surface area contributed by atoms with Gasteiger partial charge in [-0.3, -0.25) is 4.68 Å². The summed E-state index contributed by atoms with van der Waals surface area (Å²) >= 11 is 0. The minimum atomic E-state index is -0.0689. The van der Waals surface area contributed by atoms with Gasteiger partial charge < -0.3 is 10.5 Å². The first kappa shape index (κ1) is 13.6. The normalized spacial score (nSPS) is 20.8. The third-order valence-corrected chi connectivity index (χ3v) is 4.03. The summed E-state index contributed by atoms with van der Waals surface area (Å²) in [5.74, 6) is 0.601. The Balaban J connectivity index is 2.10.